The molecule has 0 bridgehead atoms. The molecule has 132 valence electrons. The Morgan fingerprint density at radius 2 is 2.04 bits per heavy atom. The Bertz CT molecular complexity index is 1230. The average molecular weight is 395 g/mol. The van der Waals surface area contributed by atoms with Gasteiger partial charge in [-0.3, -0.25) is 4.79 Å². The first-order valence-corrected chi connectivity index (χ1v) is 9.57. The number of aromatic nitrogens is 3. The summed E-state index contributed by atoms with van der Waals surface area (Å²) in [5, 5.41) is 12.3. The third kappa shape index (κ3) is 3.00. The molecule has 0 radical (unpaired) electrons. The van der Waals surface area contributed by atoms with Crippen LogP contribution in [0.25, 0.3) is 10.9 Å². The van der Waals surface area contributed by atoms with Crippen LogP contribution in [0.1, 0.15) is 5.56 Å². The van der Waals surface area contributed by atoms with E-state index in [1.807, 2.05) is 24.4 Å². The maximum absolute atomic E-state index is 13.5. The van der Waals surface area contributed by atoms with Crippen molar-refractivity contribution >= 4 is 56.4 Å². The second-order valence-corrected chi connectivity index (χ2v) is 8.06. The van der Waals surface area contributed by atoms with Gasteiger partial charge in [0.1, 0.15) is 11.5 Å². The Kier molecular flexibility index (Phi) is 3.76. The second kappa shape index (κ2) is 6.29. The van der Waals surface area contributed by atoms with Gasteiger partial charge in [0.15, 0.2) is 4.34 Å². The Balaban J connectivity index is 1.43. The maximum Gasteiger partial charge on any atom is 0.275 e. The van der Waals surface area contributed by atoms with E-state index >= 15 is 0 Å². The number of hydrogen-bond acceptors (Lipinski definition) is 6. The highest BCUT2D eigenvalue weighted by atomic mass is 32.2. The largest absolute Gasteiger partial charge is 0.361 e. The molecular formula is C18H10FN5OS2. The monoisotopic (exact) mass is 395 g/mol. The van der Waals surface area contributed by atoms with Crippen molar-refractivity contribution in [3.05, 3.63) is 60.0 Å². The number of amides is 1. The normalized spacial score (nSPS) is 14.7. The molecule has 0 unspecified atom stereocenters. The lowest BCUT2D eigenvalue weighted by molar-refractivity contribution is -0.110. The van der Waals surface area contributed by atoms with Crippen molar-refractivity contribution in [1.29, 1.82) is 0 Å². The summed E-state index contributed by atoms with van der Waals surface area (Å²) in [6, 6.07) is 12.2. The molecule has 0 saturated carbocycles. The first kappa shape index (κ1) is 16.2. The molecular weight excluding hydrogens is 385 g/mol. The lowest BCUT2D eigenvalue weighted by Gasteiger charge is -1.97. The minimum Gasteiger partial charge on any atom is -0.361 e. The first-order chi connectivity index (χ1) is 13.2. The molecule has 4 aromatic rings. The van der Waals surface area contributed by atoms with Gasteiger partial charge in [0.2, 0.25) is 5.13 Å². The van der Waals surface area contributed by atoms with Crippen molar-refractivity contribution in [1.82, 2.24) is 15.2 Å². The Morgan fingerprint density at radius 3 is 2.96 bits per heavy atom. The van der Waals surface area contributed by atoms with E-state index in [-0.39, 0.29) is 11.6 Å². The summed E-state index contributed by atoms with van der Waals surface area (Å²) in [5.74, 6) is -0.801. The van der Waals surface area contributed by atoms with E-state index in [0.29, 0.717) is 20.7 Å². The molecule has 0 fully saturated rings. The third-order valence-corrected chi connectivity index (χ3v) is 5.89. The lowest BCUT2D eigenvalue weighted by Crippen LogP contribution is -2.13. The van der Waals surface area contributed by atoms with Crippen LogP contribution in [0.4, 0.5) is 15.2 Å². The molecule has 1 aliphatic heterocycles. The molecule has 2 aromatic carbocycles. The maximum atomic E-state index is 13.5. The number of anilines is 1. The first-order valence-electron chi connectivity index (χ1n) is 7.94. The fraction of sp³-hybridized carbons (Fsp3) is 0. The van der Waals surface area contributed by atoms with Gasteiger partial charge >= 0.3 is 0 Å². The molecule has 1 amide bonds. The Hall–Kier alpha value is -3.04. The predicted molar refractivity (Wildman–Crippen MR) is 104 cm³/mol. The minimum atomic E-state index is -0.424. The number of H-pyrrole nitrogens is 1. The summed E-state index contributed by atoms with van der Waals surface area (Å²) in [5.41, 5.74) is 2.19. The molecule has 0 saturated heterocycles. The SMILES string of the molecule is O=C1Nc2ccc(F)cc2/C1=N/c1nnc(Sc2ccc3[nH]ccc3c2)s1. The van der Waals surface area contributed by atoms with Gasteiger partial charge in [-0.2, -0.15) is 0 Å². The zero-order chi connectivity index (χ0) is 18.4. The van der Waals surface area contributed by atoms with Crippen LogP contribution in [0.5, 0.6) is 0 Å². The molecule has 0 aliphatic carbocycles. The number of carbonyl (C=O) groups excluding carboxylic acids is 1. The van der Waals surface area contributed by atoms with Crippen LogP contribution < -0.4 is 5.32 Å². The smallest absolute Gasteiger partial charge is 0.275 e. The molecule has 0 atom stereocenters. The standard InChI is InChI=1S/C18H10FN5OS2/c19-10-1-3-14-12(8-10)15(16(25)21-14)22-17-23-24-18(27-17)26-11-2-4-13-9(7-11)5-6-20-13/h1-8,20H,(H,21,22,23,25). The van der Waals surface area contributed by atoms with E-state index in [0.717, 1.165) is 15.8 Å². The van der Waals surface area contributed by atoms with Crippen molar-refractivity contribution in [2.75, 3.05) is 5.32 Å². The number of halogens is 1. The minimum absolute atomic E-state index is 0.144. The summed E-state index contributed by atoms with van der Waals surface area (Å²) in [4.78, 5) is 20.6. The molecule has 2 aromatic heterocycles. The van der Waals surface area contributed by atoms with Gasteiger partial charge < -0.3 is 10.3 Å². The fourth-order valence-electron chi connectivity index (χ4n) is 2.82. The van der Waals surface area contributed by atoms with Crippen LogP contribution in [0.2, 0.25) is 0 Å². The molecule has 27 heavy (non-hydrogen) atoms. The number of rotatable bonds is 3. The Labute approximate surface area is 160 Å². The highest BCUT2D eigenvalue weighted by molar-refractivity contribution is 8.01. The van der Waals surface area contributed by atoms with Crippen molar-refractivity contribution in [3.63, 3.8) is 0 Å². The topological polar surface area (TPSA) is 83.0 Å². The number of benzene rings is 2. The van der Waals surface area contributed by atoms with Crippen LogP contribution in [-0.4, -0.2) is 26.8 Å². The number of aliphatic imine (C=N–C) groups is 1. The second-order valence-electron chi connectivity index (χ2n) is 5.78. The number of nitrogens with zero attached hydrogens (tertiary/aromatic N) is 3. The molecule has 1 aliphatic rings. The molecule has 3 heterocycles. The van der Waals surface area contributed by atoms with Crippen molar-refractivity contribution < 1.29 is 9.18 Å². The van der Waals surface area contributed by atoms with Gasteiger partial charge in [-0.25, -0.2) is 9.38 Å². The van der Waals surface area contributed by atoms with Crippen LogP contribution in [0.3, 0.4) is 0 Å². The summed E-state index contributed by atoms with van der Waals surface area (Å²) >= 11 is 2.75. The number of aromatic amines is 1. The van der Waals surface area contributed by atoms with E-state index < -0.39 is 5.82 Å². The summed E-state index contributed by atoms with van der Waals surface area (Å²) in [6.07, 6.45) is 1.89. The Morgan fingerprint density at radius 1 is 1.11 bits per heavy atom. The van der Waals surface area contributed by atoms with Crippen molar-refractivity contribution in [2.45, 2.75) is 9.24 Å². The van der Waals surface area contributed by atoms with Gasteiger partial charge in [-0.1, -0.05) is 23.1 Å². The molecule has 6 nitrogen and oxygen atoms in total. The van der Waals surface area contributed by atoms with E-state index in [9.17, 15) is 9.18 Å². The van der Waals surface area contributed by atoms with Gasteiger partial charge in [0, 0.05) is 27.6 Å². The number of nitrogens with one attached hydrogen (secondary N) is 2. The van der Waals surface area contributed by atoms with Crippen LogP contribution in [0, 0.1) is 5.82 Å². The average Bonchev–Trinajstić information content (AvgIpc) is 3.36. The van der Waals surface area contributed by atoms with Gasteiger partial charge in [-0.15, -0.1) is 10.2 Å². The quantitative estimate of drug-likeness (QED) is 0.539. The van der Waals surface area contributed by atoms with Crippen molar-refractivity contribution in [2.24, 2.45) is 4.99 Å². The number of fused-ring (bicyclic) bond motifs is 2. The summed E-state index contributed by atoms with van der Waals surface area (Å²) < 4.78 is 14.2. The molecule has 0 spiro atoms. The predicted octanol–water partition coefficient (Wildman–Crippen LogP) is 4.38. The van der Waals surface area contributed by atoms with Gasteiger partial charge in [0.25, 0.3) is 5.91 Å². The van der Waals surface area contributed by atoms with Gasteiger partial charge in [-0.05, 0) is 42.5 Å². The lowest BCUT2D eigenvalue weighted by atomic mass is 10.1. The van der Waals surface area contributed by atoms with E-state index in [1.54, 1.807) is 0 Å². The zero-order valence-electron chi connectivity index (χ0n) is 13.6. The zero-order valence-corrected chi connectivity index (χ0v) is 15.2. The summed E-state index contributed by atoms with van der Waals surface area (Å²) in [7, 11) is 0. The van der Waals surface area contributed by atoms with Crippen LogP contribution >= 0.6 is 23.1 Å². The van der Waals surface area contributed by atoms with Crippen LogP contribution in [-0.2, 0) is 4.79 Å². The van der Waals surface area contributed by atoms with Crippen LogP contribution in [0.15, 0.2) is 62.9 Å². The van der Waals surface area contributed by atoms with Crippen molar-refractivity contribution in [3.8, 4) is 0 Å². The molecule has 2 N–H and O–H groups in total. The van der Waals surface area contributed by atoms with E-state index in [1.165, 1.54) is 41.3 Å². The number of hydrogen-bond donors (Lipinski definition) is 2. The highest BCUT2D eigenvalue weighted by Gasteiger charge is 2.27. The molecule has 9 heteroatoms. The third-order valence-electron chi connectivity index (χ3n) is 4.03. The molecule has 5 rings (SSSR count). The fourth-order valence-corrected chi connectivity index (χ4v) is 4.56. The van der Waals surface area contributed by atoms with Gasteiger partial charge in [0.05, 0.1) is 5.69 Å². The van der Waals surface area contributed by atoms with E-state index in [4.69, 9.17) is 0 Å². The number of carbonyl (C=O) groups is 1. The highest BCUT2D eigenvalue weighted by Crippen LogP contribution is 2.35. The summed E-state index contributed by atoms with van der Waals surface area (Å²) in [6.45, 7) is 0. The van der Waals surface area contributed by atoms with E-state index in [2.05, 4.69) is 31.6 Å².